The third-order valence-electron chi connectivity index (χ3n) is 4.37. The second-order valence-corrected chi connectivity index (χ2v) is 6.51. The molecule has 1 aromatic rings. The maximum atomic E-state index is 12.5. The molecule has 3 rings (SSSR count). The van der Waals surface area contributed by atoms with Crippen molar-refractivity contribution in [1.29, 1.82) is 0 Å². The van der Waals surface area contributed by atoms with Crippen LogP contribution in [0, 0.1) is 17.3 Å². The van der Waals surface area contributed by atoms with Crippen LogP contribution in [-0.2, 0) is 4.79 Å². The number of fused-ring (bicyclic) bond motifs is 2. The number of benzene rings is 1. The summed E-state index contributed by atoms with van der Waals surface area (Å²) < 4.78 is 0. The summed E-state index contributed by atoms with van der Waals surface area (Å²) in [7, 11) is 0. The zero-order chi connectivity index (χ0) is 13.6. The Morgan fingerprint density at radius 3 is 2.68 bits per heavy atom. The minimum Gasteiger partial charge on any atom is -0.326 e. The zero-order valence-corrected chi connectivity index (χ0v) is 12.1. The molecule has 0 heterocycles. The molecule has 0 aromatic heterocycles. The lowest BCUT2D eigenvalue weighted by atomic mass is 9.77. The van der Waals surface area contributed by atoms with Crippen LogP contribution in [0.1, 0.15) is 19.8 Å². The molecular weight excluding hydrogens is 281 g/mol. The molecule has 2 bridgehead atoms. The standard InChI is InChI=1S/C15H15Cl2NO/c1-15(8-9-2-3-10(15)6-9)14(19)18-11-4-5-12(16)13(17)7-11/h2-5,7,9-10H,6,8H2,1H3,(H,18,19)/t9-,10-,15-/m0/s1. The molecule has 100 valence electrons. The van der Waals surface area contributed by atoms with E-state index in [2.05, 4.69) is 17.5 Å². The lowest BCUT2D eigenvalue weighted by Crippen LogP contribution is -2.36. The molecule has 3 atom stereocenters. The van der Waals surface area contributed by atoms with E-state index in [0.29, 0.717) is 27.6 Å². The Labute approximate surface area is 122 Å². The van der Waals surface area contributed by atoms with Gasteiger partial charge in [-0.3, -0.25) is 4.79 Å². The van der Waals surface area contributed by atoms with E-state index in [1.54, 1.807) is 18.2 Å². The predicted molar refractivity (Wildman–Crippen MR) is 78.6 cm³/mol. The first-order valence-corrected chi connectivity index (χ1v) is 7.19. The third kappa shape index (κ3) is 2.17. The number of anilines is 1. The summed E-state index contributed by atoms with van der Waals surface area (Å²) in [4.78, 5) is 12.5. The molecule has 1 aromatic carbocycles. The van der Waals surface area contributed by atoms with Crippen molar-refractivity contribution in [2.75, 3.05) is 5.32 Å². The Morgan fingerprint density at radius 1 is 1.32 bits per heavy atom. The normalized spacial score (nSPS) is 31.7. The van der Waals surface area contributed by atoms with E-state index in [1.807, 2.05) is 6.92 Å². The molecular formula is C15H15Cl2NO. The summed E-state index contributed by atoms with van der Waals surface area (Å²) in [6.45, 7) is 2.05. The number of hydrogen-bond acceptors (Lipinski definition) is 1. The van der Waals surface area contributed by atoms with Gasteiger partial charge in [-0.25, -0.2) is 0 Å². The van der Waals surface area contributed by atoms with Crippen molar-refractivity contribution in [3.8, 4) is 0 Å². The van der Waals surface area contributed by atoms with Crippen LogP contribution in [0.15, 0.2) is 30.4 Å². The van der Waals surface area contributed by atoms with Gasteiger partial charge < -0.3 is 5.32 Å². The first kappa shape index (κ1) is 13.0. The van der Waals surface area contributed by atoms with E-state index in [9.17, 15) is 4.79 Å². The fourth-order valence-electron chi connectivity index (χ4n) is 3.20. The Kier molecular flexibility index (Phi) is 3.11. The van der Waals surface area contributed by atoms with Gasteiger partial charge in [-0.1, -0.05) is 42.3 Å². The van der Waals surface area contributed by atoms with Crippen LogP contribution in [0.5, 0.6) is 0 Å². The van der Waals surface area contributed by atoms with Gasteiger partial charge in [0.1, 0.15) is 0 Å². The summed E-state index contributed by atoms with van der Waals surface area (Å²) in [5, 5.41) is 3.91. The number of halogens is 2. The minimum absolute atomic E-state index is 0.0720. The van der Waals surface area contributed by atoms with E-state index in [-0.39, 0.29) is 11.3 Å². The van der Waals surface area contributed by atoms with E-state index in [4.69, 9.17) is 23.2 Å². The quantitative estimate of drug-likeness (QED) is 0.798. The molecule has 0 saturated heterocycles. The van der Waals surface area contributed by atoms with Gasteiger partial charge in [-0.05, 0) is 42.9 Å². The average molecular weight is 296 g/mol. The summed E-state index contributed by atoms with van der Waals surface area (Å²) in [5.74, 6) is 0.998. The Hall–Kier alpha value is -0.990. The van der Waals surface area contributed by atoms with Gasteiger partial charge in [0.15, 0.2) is 0 Å². The van der Waals surface area contributed by atoms with Gasteiger partial charge in [0, 0.05) is 5.69 Å². The molecule has 2 aliphatic carbocycles. The van der Waals surface area contributed by atoms with Gasteiger partial charge in [-0.15, -0.1) is 0 Å². The van der Waals surface area contributed by atoms with E-state index in [0.717, 1.165) is 12.8 Å². The number of carbonyl (C=O) groups is 1. The van der Waals surface area contributed by atoms with Crippen LogP contribution >= 0.6 is 23.2 Å². The smallest absolute Gasteiger partial charge is 0.230 e. The van der Waals surface area contributed by atoms with Crippen molar-refractivity contribution in [3.63, 3.8) is 0 Å². The molecule has 1 saturated carbocycles. The number of rotatable bonds is 2. The second kappa shape index (κ2) is 4.53. The highest BCUT2D eigenvalue weighted by molar-refractivity contribution is 6.42. The number of hydrogen-bond donors (Lipinski definition) is 1. The van der Waals surface area contributed by atoms with E-state index < -0.39 is 0 Å². The lowest BCUT2D eigenvalue weighted by molar-refractivity contribution is -0.126. The minimum atomic E-state index is -0.300. The molecule has 2 aliphatic rings. The highest BCUT2D eigenvalue weighted by atomic mass is 35.5. The summed E-state index contributed by atoms with van der Waals surface area (Å²) >= 11 is 11.8. The molecule has 19 heavy (non-hydrogen) atoms. The molecule has 1 N–H and O–H groups in total. The van der Waals surface area contributed by atoms with Crippen LogP contribution in [0.2, 0.25) is 10.0 Å². The number of allylic oxidation sites excluding steroid dienone is 2. The first-order valence-electron chi connectivity index (χ1n) is 6.44. The van der Waals surface area contributed by atoms with Gasteiger partial charge >= 0.3 is 0 Å². The maximum Gasteiger partial charge on any atom is 0.230 e. The SMILES string of the molecule is C[C@]1(C(=O)Nc2ccc(Cl)c(Cl)c2)C[C@H]2C=C[C@H]1C2. The highest BCUT2D eigenvalue weighted by Gasteiger charge is 2.49. The van der Waals surface area contributed by atoms with Crippen LogP contribution < -0.4 is 5.32 Å². The maximum absolute atomic E-state index is 12.5. The van der Waals surface area contributed by atoms with Crippen molar-refractivity contribution in [2.45, 2.75) is 19.8 Å². The summed E-state index contributed by atoms with van der Waals surface area (Å²) in [6, 6.07) is 5.16. The fourth-order valence-corrected chi connectivity index (χ4v) is 3.50. The van der Waals surface area contributed by atoms with Crippen LogP contribution in [0.3, 0.4) is 0 Å². The van der Waals surface area contributed by atoms with Crippen LogP contribution in [-0.4, -0.2) is 5.91 Å². The van der Waals surface area contributed by atoms with Gasteiger partial charge in [0.25, 0.3) is 0 Å². The summed E-state index contributed by atoms with van der Waals surface area (Å²) in [5.41, 5.74) is 0.401. The number of nitrogens with one attached hydrogen (secondary N) is 1. The molecule has 0 unspecified atom stereocenters. The van der Waals surface area contributed by atoms with Crippen molar-refractivity contribution in [3.05, 3.63) is 40.4 Å². The molecule has 4 heteroatoms. The fraction of sp³-hybridized carbons (Fsp3) is 0.400. The van der Waals surface area contributed by atoms with Gasteiger partial charge in [0.2, 0.25) is 5.91 Å². The molecule has 0 spiro atoms. The molecule has 0 radical (unpaired) electrons. The van der Waals surface area contributed by atoms with Gasteiger partial charge in [-0.2, -0.15) is 0 Å². The van der Waals surface area contributed by atoms with Crippen LogP contribution in [0.25, 0.3) is 0 Å². The molecule has 0 aliphatic heterocycles. The van der Waals surface area contributed by atoms with Crippen molar-refractivity contribution >= 4 is 34.8 Å². The Bertz CT molecular complexity index is 569. The van der Waals surface area contributed by atoms with Crippen molar-refractivity contribution in [1.82, 2.24) is 0 Å². The molecule has 2 nitrogen and oxygen atoms in total. The monoisotopic (exact) mass is 295 g/mol. The predicted octanol–water partition coefficient (Wildman–Crippen LogP) is 4.53. The Morgan fingerprint density at radius 2 is 2.11 bits per heavy atom. The van der Waals surface area contributed by atoms with Gasteiger partial charge in [0.05, 0.1) is 15.5 Å². The lowest BCUT2D eigenvalue weighted by Gasteiger charge is -2.29. The van der Waals surface area contributed by atoms with Crippen molar-refractivity contribution in [2.24, 2.45) is 17.3 Å². The average Bonchev–Trinajstić information content (AvgIpc) is 2.94. The third-order valence-corrected chi connectivity index (χ3v) is 5.11. The van der Waals surface area contributed by atoms with E-state index in [1.165, 1.54) is 0 Å². The molecule has 1 amide bonds. The van der Waals surface area contributed by atoms with Crippen LogP contribution in [0.4, 0.5) is 5.69 Å². The first-order chi connectivity index (χ1) is 8.99. The topological polar surface area (TPSA) is 29.1 Å². The summed E-state index contributed by atoms with van der Waals surface area (Å²) in [6.07, 6.45) is 6.45. The number of carbonyl (C=O) groups excluding carboxylic acids is 1. The van der Waals surface area contributed by atoms with Crippen molar-refractivity contribution < 1.29 is 4.79 Å². The zero-order valence-electron chi connectivity index (χ0n) is 10.6. The largest absolute Gasteiger partial charge is 0.326 e. The Balaban J connectivity index is 1.78. The highest BCUT2D eigenvalue weighted by Crippen LogP contribution is 2.52. The second-order valence-electron chi connectivity index (χ2n) is 5.69. The van der Waals surface area contributed by atoms with E-state index >= 15 is 0 Å². The number of amides is 1. The molecule has 1 fully saturated rings.